The van der Waals surface area contributed by atoms with Crippen molar-refractivity contribution < 1.29 is 14.2 Å². The number of hydrogen-bond acceptors (Lipinski definition) is 6. The summed E-state index contributed by atoms with van der Waals surface area (Å²) in [7, 11) is 1.60. The summed E-state index contributed by atoms with van der Waals surface area (Å²) in [5.41, 5.74) is 4.05. The number of imidazole rings is 1. The van der Waals surface area contributed by atoms with Crippen molar-refractivity contribution >= 4 is 22.7 Å². The van der Waals surface area contributed by atoms with Gasteiger partial charge < -0.3 is 19.2 Å². The first-order chi connectivity index (χ1) is 16.6. The molecule has 0 amide bonds. The predicted octanol–water partition coefficient (Wildman–Crippen LogP) is 5.49. The fourth-order valence-corrected chi connectivity index (χ4v) is 3.48. The van der Waals surface area contributed by atoms with Crippen LogP contribution in [0.2, 0.25) is 0 Å². The first-order valence-electron chi connectivity index (χ1n) is 10.7. The fraction of sp³-hybridized carbons (Fsp3) is 0.148. The number of fused-ring (bicyclic) bond motifs is 1. The topological polar surface area (TPSA) is 104 Å². The van der Waals surface area contributed by atoms with E-state index in [1.165, 1.54) is 0 Å². The summed E-state index contributed by atoms with van der Waals surface area (Å²) in [5, 5.41) is 19.1. The molecule has 7 heteroatoms. The quantitative estimate of drug-likeness (QED) is 0.356. The maximum atomic E-state index is 9.77. The summed E-state index contributed by atoms with van der Waals surface area (Å²) in [6.45, 7) is 2.58. The number of allylic oxidation sites excluding steroid dienone is 1. The molecule has 1 N–H and O–H groups in total. The zero-order valence-corrected chi connectivity index (χ0v) is 18.8. The Bertz CT molecular complexity index is 1440. The molecule has 0 aliphatic carbocycles. The van der Waals surface area contributed by atoms with Gasteiger partial charge >= 0.3 is 0 Å². The van der Waals surface area contributed by atoms with Gasteiger partial charge in [-0.2, -0.15) is 10.5 Å². The molecule has 0 unspecified atom stereocenters. The molecule has 4 rings (SSSR count). The van der Waals surface area contributed by atoms with Crippen LogP contribution < -0.4 is 14.2 Å². The van der Waals surface area contributed by atoms with Crippen LogP contribution in [0.25, 0.3) is 22.7 Å². The number of hydrogen-bond donors (Lipinski definition) is 1. The molecule has 168 valence electrons. The second-order valence-corrected chi connectivity index (χ2v) is 7.34. The molecule has 0 saturated heterocycles. The lowest BCUT2D eigenvalue weighted by atomic mass is 10.1. The Balaban J connectivity index is 1.61. The lowest BCUT2D eigenvalue weighted by Crippen LogP contribution is -2.01. The molecule has 7 nitrogen and oxygen atoms in total. The molecule has 0 fully saturated rings. The van der Waals surface area contributed by atoms with Crippen molar-refractivity contribution in [1.29, 1.82) is 10.5 Å². The van der Waals surface area contributed by atoms with E-state index in [2.05, 4.69) is 22.1 Å². The van der Waals surface area contributed by atoms with Gasteiger partial charge in [-0.3, -0.25) is 0 Å². The third-order valence-corrected chi connectivity index (χ3v) is 5.16. The molecule has 0 spiro atoms. The first kappa shape index (κ1) is 22.4. The van der Waals surface area contributed by atoms with Crippen LogP contribution in [0.3, 0.4) is 0 Å². The highest BCUT2D eigenvalue weighted by atomic mass is 16.5. The van der Waals surface area contributed by atoms with Crippen molar-refractivity contribution in [3.05, 3.63) is 83.2 Å². The van der Waals surface area contributed by atoms with E-state index in [0.29, 0.717) is 40.8 Å². The smallest absolute Gasteiger partial charge is 0.161 e. The van der Waals surface area contributed by atoms with Gasteiger partial charge in [0, 0.05) is 11.6 Å². The normalized spacial score (nSPS) is 11.0. The molecule has 0 aliphatic rings. The zero-order chi connectivity index (χ0) is 23.9. The van der Waals surface area contributed by atoms with Crippen LogP contribution in [-0.4, -0.2) is 23.7 Å². The molecule has 0 radical (unpaired) electrons. The van der Waals surface area contributed by atoms with Gasteiger partial charge in [0.1, 0.15) is 24.3 Å². The van der Waals surface area contributed by atoms with Gasteiger partial charge in [-0.15, -0.1) is 0 Å². The Morgan fingerprint density at radius 2 is 1.88 bits per heavy atom. The average Bonchev–Trinajstić information content (AvgIpc) is 3.30. The average molecular weight is 450 g/mol. The Hall–Kier alpha value is -4.75. The lowest BCUT2D eigenvalue weighted by Gasteiger charge is -2.13. The SMILES string of the molecule is CCOc1cc(/C=C(/C#N)c2nc3ccc(OC)cc3[nH]2)ccc1OCc1ccccc1C#N. The maximum Gasteiger partial charge on any atom is 0.161 e. The molecule has 3 aromatic carbocycles. The van der Waals surface area contributed by atoms with E-state index in [1.54, 1.807) is 25.3 Å². The third-order valence-electron chi connectivity index (χ3n) is 5.16. The second kappa shape index (κ2) is 10.2. The molecule has 0 aliphatic heterocycles. The minimum atomic E-state index is 0.241. The van der Waals surface area contributed by atoms with Gasteiger partial charge in [-0.1, -0.05) is 24.3 Å². The molecule has 0 atom stereocenters. The van der Waals surface area contributed by atoms with Crippen LogP contribution in [0.15, 0.2) is 60.7 Å². The standard InChI is InChI=1S/C27H22N4O3/c1-3-33-26-13-18(8-11-25(26)34-17-20-7-5-4-6-19(20)15-28)12-21(16-29)27-30-23-10-9-22(32-2)14-24(23)31-27/h4-14H,3,17H2,1-2H3,(H,30,31)/b21-12-. The van der Waals surface area contributed by atoms with E-state index in [0.717, 1.165) is 22.2 Å². The van der Waals surface area contributed by atoms with Crippen molar-refractivity contribution in [3.8, 4) is 29.4 Å². The third kappa shape index (κ3) is 4.85. The number of H-pyrrole nitrogens is 1. The van der Waals surface area contributed by atoms with Crippen molar-refractivity contribution in [1.82, 2.24) is 9.97 Å². The highest BCUT2D eigenvalue weighted by Gasteiger charge is 2.12. The van der Waals surface area contributed by atoms with Crippen molar-refractivity contribution in [3.63, 3.8) is 0 Å². The van der Waals surface area contributed by atoms with Crippen molar-refractivity contribution in [2.75, 3.05) is 13.7 Å². The Morgan fingerprint density at radius 3 is 2.65 bits per heavy atom. The van der Waals surface area contributed by atoms with Crippen molar-refractivity contribution in [2.24, 2.45) is 0 Å². The molecule has 4 aromatic rings. The highest BCUT2D eigenvalue weighted by Crippen LogP contribution is 2.31. The van der Waals surface area contributed by atoms with Crippen LogP contribution in [0.4, 0.5) is 0 Å². The van der Waals surface area contributed by atoms with E-state index in [-0.39, 0.29) is 6.61 Å². The van der Waals surface area contributed by atoms with Crippen molar-refractivity contribution in [2.45, 2.75) is 13.5 Å². The summed E-state index contributed by atoms with van der Waals surface area (Å²) in [6.07, 6.45) is 1.74. The van der Waals surface area contributed by atoms with E-state index in [1.807, 2.05) is 55.5 Å². The first-order valence-corrected chi connectivity index (χ1v) is 10.7. The molecule has 1 heterocycles. The Kier molecular flexibility index (Phi) is 6.76. The van der Waals surface area contributed by atoms with Crippen LogP contribution in [0.5, 0.6) is 17.2 Å². The molecule has 1 aromatic heterocycles. The lowest BCUT2D eigenvalue weighted by molar-refractivity contribution is 0.269. The van der Waals surface area contributed by atoms with Crippen LogP contribution in [0.1, 0.15) is 29.4 Å². The predicted molar refractivity (Wildman–Crippen MR) is 129 cm³/mol. The Morgan fingerprint density at radius 1 is 1.03 bits per heavy atom. The number of nitrogens with one attached hydrogen (secondary N) is 1. The Labute approximate surface area is 197 Å². The maximum absolute atomic E-state index is 9.77. The summed E-state index contributed by atoms with van der Waals surface area (Å²) in [6, 6.07) is 22.7. The monoisotopic (exact) mass is 450 g/mol. The van der Waals surface area contributed by atoms with Gasteiger partial charge in [0.05, 0.1) is 42.0 Å². The van der Waals surface area contributed by atoms with Gasteiger partial charge in [-0.25, -0.2) is 4.98 Å². The van der Waals surface area contributed by atoms with Crippen LogP contribution in [-0.2, 0) is 6.61 Å². The number of aromatic nitrogens is 2. The minimum Gasteiger partial charge on any atom is -0.497 e. The van der Waals surface area contributed by atoms with Gasteiger partial charge in [0.15, 0.2) is 11.5 Å². The largest absolute Gasteiger partial charge is 0.497 e. The molecular formula is C27H22N4O3. The van der Waals surface area contributed by atoms with Gasteiger partial charge in [-0.05, 0) is 48.9 Å². The number of benzene rings is 3. The number of ether oxygens (including phenoxy) is 3. The number of rotatable bonds is 8. The second-order valence-electron chi connectivity index (χ2n) is 7.34. The number of nitrogens with zero attached hydrogens (tertiary/aromatic N) is 3. The molecular weight excluding hydrogens is 428 g/mol. The molecule has 0 saturated carbocycles. The fourth-order valence-electron chi connectivity index (χ4n) is 3.48. The van der Waals surface area contributed by atoms with Crippen LogP contribution >= 0.6 is 0 Å². The van der Waals surface area contributed by atoms with Gasteiger partial charge in [0.2, 0.25) is 0 Å². The minimum absolute atomic E-state index is 0.241. The number of aromatic amines is 1. The molecule has 34 heavy (non-hydrogen) atoms. The summed E-state index contributed by atoms with van der Waals surface area (Å²) in [5.74, 6) is 2.29. The van der Waals surface area contributed by atoms with E-state index < -0.39 is 0 Å². The summed E-state index contributed by atoms with van der Waals surface area (Å²) >= 11 is 0. The van der Waals surface area contributed by atoms with E-state index >= 15 is 0 Å². The zero-order valence-electron chi connectivity index (χ0n) is 18.8. The number of methoxy groups -OCH3 is 1. The molecule has 0 bridgehead atoms. The van der Waals surface area contributed by atoms with Gasteiger partial charge in [0.25, 0.3) is 0 Å². The van der Waals surface area contributed by atoms with Crippen LogP contribution in [0, 0.1) is 22.7 Å². The van der Waals surface area contributed by atoms with E-state index in [4.69, 9.17) is 14.2 Å². The number of nitriles is 2. The summed E-state index contributed by atoms with van der Waals surface area (Å²) < 4.78 is 17.0. The highest BCUT2D eigenvalue weighted by molar-refractivity contribution is 5.90. The van der Waals surface area contributed by atoms with E-state index in [9.17, 15) is 10.5 Å². The summed E-state index contributed by atoms with van der Waals surface area (Å²) in [4.78, 5) is 7.70.